The van der Waals surface area contributed by atoms with Gasteiger partial charge >= 0.3 is 0 Å². The molecular weight excluding hydrogens is 365 g/mol. The maximum Gasteiger partial charge on any atom is 0.200 e. The summed E-state index contributed by atoms with van der Waals surface area (Å²) in [6, 6.07) is 8.05. The molecule has 2 aromatic rings. The van der Waals surface area contributed by atoms with E-state index in [4.69, 9.17) is 9.47 Å². The minimum Gasteiger partial charge on any atom is -0.491 e. The lowest BCUT2D eigenvalue weighted by atomic mass is 9.82. The molecule has 0 N–H and O–H groups in total. The van der Waals surface area contributed by atoms with Gasteiger partial charge in [0.15, 0.2) is 11.6 Å². The minimum absolute atomic E-state index is 0.00895. The summed E-state index contributed by atoms with van der Waals surface area (Å²) in [6.07, 6.45) is 4.44. The van der Waals surface area contributed by atoms with Crippen molar-refractivity contribution in [1.82, 2.24) is 0 Å². The van der Waals surface area contributed by atoms with Gasteiger partial charge in [0.05, 0.1) is 19.3 Å². The van der Waals surface area contributed by atoms with Crippen molar-refractivity contribution in [3.8, 4) is 5.75 Å². The molecule has 0 atom stereocenters. The van der Waals surface area contributed by atoms with Crippen LogP contribution in [0.2, 0.25) is 0 Å². The Morgan fingerprint density at radius 2 is 1.79 bits per heavy atom. The van der Waals surface area contributed by atoms with Crippen molar-refractivity contribution in [2.45, 2.75) is 51.2 Å². The van der Waals surface area contributed by atoms with Crippen molar-refractivity contribution in [2.24, 2.45) is 0 Å². The summed E-state index contributed by atoms with van der Waals surface area (Å²) in [6.45, 7) is 5.84. The third-order valence-corrected chi connectivity index (χ3v) is 5.28. The van der Waals surface area contributed by atoms with Crippen LogP contribution in [-0.4, -0.2) is 12.7 Å². The van der Waals surface area contributed by atoms with E-state index in [2.05, 4.69) is 6.58 Å². The Morgan fingerprint density at radius 1 is 1.04 bits per heavy atom. The topological polar surface area (TPSA) is 18.5 Å². The highest BCUT2D eigenvalue weighted by atomic mass is 19.2. The fourth-order valence-electron chi connectivity index (χ4n) is 3.68. The van der Waals surface area contributed by atoms with Gasteiger partial charge in [0, 0.05) is 5.56 Å². The van der Waals surface area contributed by atoms with E-state index < -0.39 is 11.6 Å². The molecule has 2 aromatic carbocycles. The Hall–Kier alpha value is -2.27. The zero-order chi connectivity index (χ0) is 20.1. The van der Waals surface area contributed by atoms with Gasteiger partial charge in [-0.05, 0) is 61.8 Å². The molecule has 1 saturated carbocycles. The Balaban J connectivity index is 1.56. The van der Waals surface area contributed by atoms with Crippen molar-refractivity contribution in [1.29, 1.82) is 0 Å². The van der Waals surface area contributed by atoms with E-state index in [-0.39, 0.29) is 36.8 Å². The molecule has 0 spiro atoms. The Morgan fingerprint density at radius 3 is 2.43 bits per heavy atom. The summed E-state index contributed by atoms with van der Waals surface area (Å²) >= 11 is 0. The summed E-state index contributed by atoms with van der Waals surface area (Å²) in [5.74, 6) is -2.15. The zero-order valence-electron chi connectivity index (χ0n) is 16.0. The average molecular weight is 390 g/mol. The van der Waals surface area contributed by atoms with E-state index in [1.807, 2.05) is 0 Å². The van der Waals surface area contributed by atoms with Gasteiger partial charge in [0.1, 0.15) is 5.82 Å². The highest BCUT2D eigenvalue weighted by molar-refractivity contribution is 5.47. The molecule has 0 unspecified atom stereocenters. The molecule has 0 aromatic heterocycles. The number of hydrogen-bond acceptors (Lipinski definition) is 2. The third kappa shape index (κ3) is 4.58. The second kappa shape index (κ2) is 9.28. The van der Waals surface area contributed by atoms with Crippen LogP contribution in [0.5, 0.6) is 5.75 Å². The summed E-state index contributed by atoms with van der Waals surface area (Å²) in [5, 5.41) is 0. The second-order valence-corrected chi connectivity index (χ2v) is 7.05. The van der Waals surface area contributed by atoms with E-state index in [1.165, 1.54) is 12.1 Å². The SMILES string of the molecule is C=Cc1ccc(COC2CCC(c3ccc(OCC)c(F)c3F)CC2)c(F)c1. The first-order valence-corrected chi connectivity index (χ1v) is 9.66. The predicted octanol–water partition coefficient (Wildman–Crippen LogP) is 6.39. The molecule has 1 fully saturated rings. The lowest BCUT2D eigenvalue weighted by Gasteiger charge is -2.29. The molecule has 0 heterocycles. The largest absolute Gasteiger partial charge is 0.491 e. The molecule has 3 rings (SSSR count). The fraction of sp³-hybridized carbons (Fsp3) is 0.391. The van der Waals surface area contributed by atoms with Crippen LogP contribution >= 0.6 is 0 Å². The van der Waals surface area contributed by atoms with Gasteiger partial charge < -0.3 is 9.47 Å². The number of halogens is 3. The van der Waals surface area contributed by atoms with Gasteiger partial charge in [-0.25, -0.2) is 8.78 Å². The van der Waals surface area contributed by atoms with Crippen molar-refractivity contribution in [2.75, 3.05) is 6.61 Å². The van der Waals surface area contributed by atoms with E-state index in [1.54, 1.807) is 31.2 Å². The van der Waals surface area contributed by atoms with Crippen LogP contribution in [0, 0.1) is 17.5 Å². The third-order valence-electron chi connectivity index (χ3n) is 5.28. The van der Waals surface area contributed by atoms with Crippen LogP contribution in [0.25, 0.3) is 6.08 Å². The zero-order valence-corrected chi connectivity index (χ0v) is 16.0. The van der Waals surface area contributed by atoms with E-state index >= 15 is 0 Å². The van der Waals surface area contributed by atoms with Crippen molar-refractivity contribution >= 4 is 6.08 Å². The van der Waals surface area contributed by atoms with Crippen LogP contribution in [-0.2, 0) is 11.3 Å². The molecule has 28 heavy (non-hydrogen) atoms. The van der Waals surface area contributed by atoms with Crippen LogP contribution in [0.4, 0.5) is 13.2 Å². The summed E-state index contributed by atoms with van der Waals surface area (Å²) in [7, 11) is 0. The molecule has 1 aliphatic rings. The number of ether oxygens (including phenoxy) is 2. The normalized spacial score (nSPS) is 19.4. The highest BCUT2D eigenvalue weighted by Crippen LogP contribution is 2.37. The van der Waals surface area contributed by atoms with E-state index in [0.29, 0.717) is 24.0 Å². The second-order valence-electron chi connectivity index (χ2n) is 7.05. The lowest BCUT2D eigenvalue weighted by Crippen LogP contribution is -2.21. The van der Waals surface area contributed by atoms with Crippen LogP contribution < -0.4 is 4.74 Å². The monoisotopic (exact) mass is 390 g/mol. The summed E-state index contributed by atoms with van der Waals surface area (Å²) in [5.41, 5.74) is 1.63. The molecule has 1 aliphatic carbocycles. The van der Waals surface area contributed by atoms with Gasteiger partial charge in [-0.15, -0.1) is 0 Å². The molecular formula is C23H25F3O2. The first-order valence-electron chi connectivity index (χ1n) is 9.66. The van der Waals surface area contributed by atoms with Gasteiger partial charge in [0.2, 0.25) is 5.82 Å². The molecule has 0 amide bonds. The maximum atomic E-state index is 14.4. The van der Waals surface area contributed by atoms with Gasteiger partial charge in [-0.2, -0.15) is 4.39 Å². The average Bonchev–Trinajstić information content (AvgIpc) is 2.71. The van der Waals surface area contributed by atoms with E-state index in [9.17, 15) is 13.2 Å². The number of benzene rings is 2. The molecule has 0 saturated heterocycles. The van der Waals surface area contributed by atoms with Crippen molar-refractivity contribution < 1.29 is 22.6 Å². The molecule has 0 radical (unpaired) electrons. The standard InChI is InChI=1S/C23H25F3O2/c1-3-15-5-6-17(20(24)13-15)14-28-18-9-7-16(8-10-18)19-11-12-21(27-4-2)23(26)22(19)25/h3,5-6,11-13,16,18H,1,4,7-10,14H2,2H3. The molecule has 2 nitrogen and oxygen atoms in total. The predicted molar refractivity (Wildman–Crippen MR) is 104 cm³/mol. The van der Waals surface area contributed by atoms with Crippen LogP contribution in [0.3, 0.4) is 0 Å². The number of rotatable bonds is 7. The maximum absolute atomic E-state index is 14.4. The Labute approximate surface area is 164 Å². The van der Waals surface area contributed by atoms with Gasteiger partial charge in [0.25, 0.3) is 0 Å². The first kappa shape index (κ1) is 20.5. The summed E-state index contributed by atoms with van der Waals surface area (Å²) in [4.78, 5) is 0. The molecule has 150 valence electrons. The number of hydrogen-bond donors (Lipinski definition) is 0. The fourth-order valence-corrected chi connectivity index (χ4v) is 3.68. The highest BCUT2D eigenvalue weighted by Gasteiger charge is 2.27. The minimum atomic E-state index is -0.920. The van der Waals surface area contributed by atoms with E-state index in [0.717, 1.165) is 18.4 Å². The van der Waals surface area contributed by atoms with Crippen molar-refractivity contribution in [3.63, 3.8) is 0 Å². The van der Waals surface area contributed by atoms with Gasteiger partial charge in [-0.1, -0.05) is 30.9 Å². The lowest BCUT2D eigenvalue weighted by molar-refractivity contribution is 0.0118. The molecule has 0 bridgehead atoms. The van der Waals surface area contributed by atoms with Gasteiger partial charge in [-0.3, -0.25) is 0 Å². The van der Waals surface area contributed by atoms with Crippen LogP contribution in [0.15, 0.2) is 36.9 Å². The quantitative estimate of drug-likeness (QED) is 0.545. The molecule has 5 heteroatoms. The Bertz CT molecular complexity index is 827. The van der Waals surface area contributed by atoms with Crippen molar-refractivity contribution in [3.05, 3.63) is 71.1 Å². The van der Waals surface area contributed by atoms with Crippen LogP contribution in [0.1, 0.15) is 55.2 Å². The Kier molecular flexibility index (Phi) is 6.79. The summed E-state index contributed by atoms with van der Waals surface area (Å²) < 4.78 is 53.5. The molecule has 0 aliphatic heterocycles. The smallest absolute Gasteiger partial charge is 0.200 e. The first-order chi connectivity index (χ1) is 13.5.